The van der Waals surface area contributed by atoms with E-state index in [4.69, 9.17) is 16.0 Å². The first kappa shape index (κ1) is 14.6. The molecule has 4 aromatic rings. The van der Waals surface area contributed by atoms with Crippen molar-refractivity contribution < 1.29 is 9.21 Å². The summed E-state index contributed by atoms with van der Waals surface area (Å²) in [4.78, 5) is 20.0. The first-order chi connectivity index (χ1) is 11.6. The molecule has 24 heavy (non-hydrogen) atoms. The normalized spacial score (nSPS) is 11.1. The fraction of sp³-hybridized carbons (Fsp3) is 0.0588. The minimum Gasteiger partial charge on any atom is -0.461 e. The topological polar surface area (TPSA) is 75.8 Å². The van der Waals surface area contributed by atoms with Gasteiger partial charge in [-0.3, -0.25) is 4.79 Å². The molecule has 7 heteroatoms. The van der Waals surface area contributed by atoms with Gasteiger partial charge in [-0.05, 0) is 36.4 Å². The minimum absolute atomic E-state index is 0.227. The molecule has 6 nitrogen and oxygen atoms in total. The first-order valence-corrected chi connectivity index (χ1v) is 7.65. The van der Waals surface area contributed by atoms with E-state index in [0.29, 0.717) is 28.0 Å². The summed E-state index contributed by atoms with van der Waals surface area (Å²) in [5, 5.41) is 3.38. The van der Waals surface area contributed by atoms with Crippen LogP contribution < -0.4 is 5.32 Å². The van der Waals surface area contributed by atoms with E-state index < -0.39 is 0 Å². The molecule has 4 rings (SSSR count). The highest BCUT2D eigenvalue weighted by molar-refractivity contribution is 6.31. The number of nitrogens with zero attached hydrogens (tertiary/aromatic N) is 2. The molecule has 3 aromatic heterocycles. The first-order valence-electron chi connectivity index (χ1n) is 7.27. The van der Waals surface area contributed by atoms with Crippen LogP contribution in [0.25, 0.3) is 22.6 Å². The number of nitrogens with one attached hydrogen (secondary N) is 2. The molecule has 0 atom stereocenters. The zero-order chi connectivity index (χ0) is 16.7. The van der Waals surface area contributed by atoms with E-state index >= 15 is 0 Å². The molecular formula is C17H13ClN4O2. The highest BCUT2D eigenvalue weighted by Crippen LogP contribution is 2.23. The van der Waals surface area contributed by atoms with Crippen LogP contribution >= 0.6 is 11.6 Å². The third kappa shape index (κ3) is 2.57. The lowest BCUT2D eigenvalue weighted by Gasteiger charge is -2.05. The van der Waals surface area contributed by atoms with Gasteiger partial charge in [-0.25, -0.2) is 4.98 Å². The number of aryl methyl sites for hydroxylation is 1. The quantitative estimate of drug-likeness (QED) is 0.590. The molecule has 0 bridgehead atoms. The van der Waals surface area contributed by atoms with Crippen molar-refractivity contribution in [2.24, 2.45) is 7.05 Å². The van der Waals surface area contributed by atoms with Crippen LogP contribution in [0.3, 0.4) is 0 Å². The van der Waals surface area contributed by atoms with Crippen LogP contribution in [-0.4, -0.2) is 20.4 Å². The number of aromatic amines is 1. The zero-order valence-corrected chi connectivity index (χ0v) is 13.5. The average molecular weight is 341 g/mol. The maximum atomic E-state index is 12.3. The second-order valence-corrected chi connectivity index (χ2v) is 5.84. The number of H-pyrrole nitrogens is 1. The number of hydrogen-bond acceptors (Lipinski definition) is 3. The molecule has 0 spiro atoms. The Morgan fingerprint density at radius 2 is 2.21 bits per heavy atom. The summed E-state index contributed by atoms with van der Waals surface area (Å²) < 4.78 is 7.02. The smallest absolute Gasteiger partial charge is 0.272 e. The number of fused-ring (bicyclic) bond motifs is 1. The largest absolute Gasteiger partial charge is 0.461 e. The maximum absolute atomic E-state index is 12.3. The van der Waals surface area contributed by atoms with E-state index in [9.17, 15) is 4.79 Å². The van der Waals surface area contributed by atoms with Crippen molar-refractivity contribution in [2.75, 3.05) is 5.32 Å². The van der Waals surface area contributed by atoms with Crippen LogP contribution in [0.5, 0.6) is 0 Å². The summed E-state index contributed by atoms with van der Waals surface area (Å²) in [6.07, 6.45) is 3.28. The number of rotatable bonds is 3. The number of benzene rings is 1. The lowest BCUT2D eigenvalue weighted by atomic mass is 10.2. The molecule has 1 amide bonds. The van der Waals surface area contributed by atoms with Crippen molar-refractivity contribution in [3.63, 3.8) is 0 Å². The number of anilines is 1. The summed E-state index contributed by atoms with van der Waals surface area (Å²) in [6, 6.07) is 10.7. The summed E-state index contributed by atoms with van der Waals surface area (Å²) >= 11 is 5.92. The zero-order valence-electron chi connectivity index (χ0n) is 12.7. The minimum atomic E-state index is -0.227. The Morgan fingerprint density at radius 1 is 1.33 bits per heavy atom. The number of halogens is 1. The van der Waals surface area contributed by atoms with Crippen molar-refractivity contribution in [1.82, 2.24) is 14.5 Å². The van der Waals surface area contributed by atoms with Gasteiger partial charge in [-0.15, -0.1) is 0 Å². The summed E-state index contributed by atoms with van der Waals surface area (Å²) in [5.74, 6) is 1.08. The summed E-state index contributed by atoms with van der Waals surface area (Å²) in [7, 11) is 1.77. The lowest BCUT2D eigenvalue weighted by Crippen LogP contribution is -2.15. The highest BCUT2D eigenvalue weighted by Gasteiger charge is 2.13. The van der Waals surface area contributed by atoms with Gasteiger partial charge in [0, 0.05) is 18.9 Å². The maximum Gasteiger partial charge on any atom is 0.272 e. The molecule has 0 radical (unpaired) electrons. The van der Waals surface area contributed by atoms with Crippen molar-refractivity contribution >= 4 is 34.2 Å². The van der Waals surface area contributed by atoms with Gasteiger partial charge < -0.3 is 19.3 Å². The molecule has 0 aliphatic heterocycles. The average Bonchev–Trinajstić information content (AvgIpc) is 3.25. The molecule has 1 aromatic carbocycles. The van der Waals surface area contributed by atoms with Crippen molar-refractivity contribution in [2.45, 2.75) is 0 Å². The monoisotopic (exact) mass is 340 g/mol. The predicted octanol–water partition coefficient (Wildman–Crippen LogP) is 4.07. The third-order valence-corrected chi connectivity index (χ3v) is 3.91. The molecule has 0 aliphatic rings. The van der Waals surface area contributed by atoms with Crippen molar-refractivity contribution in [3.8, 4) is 11.6 Å². The molecular weight excluding hydrogens is 328 g/mol. The van der Waals surface area contributed by atoms with Gasteiger partial charge in [0.2, 0.25) is 0 Å². The molecule has 0 saturated heterocycles. The van der Waals surface area contributed by atoms with E-state index in [-0.39, 0.29) is 5.91 Å². The number of furan rings is 1. The Morgan fingerprint density at radius 3 is 2.92 bits per heavy atom. The van der Waals surface area contributed by atoms with Crippen molar-refractivity contribution in [3.05, 3.63) is 59.6 Å². The van der Waals surface area contributed by atoms with Gasteiger partial charge >= 0.3 is 0 Å². The number of aromatic nitrogens is 3. The Balaban J connectivity index is 1.63. The van der Waals surface area contributed by atoms with E-state index in [1.165, 1.54) is 0 Å². The van der Waals surface area contributed by atoms with Crippen LogP contribution in [0.2, 0.25) is 5.02 Å². The molecule has 120 valence electrons. The SMILES string of the molecule is Cn1cc(Cl)cc1C(=O)Nc1ccc2nc(-c3ccco3)[nH]c2c1. The molecule has 3 heterocycles. The molecule has 2 N–H and O–H groups in total. The van der Waals surface area contributed by atoms with E-state index in [1.807, 2.05) is 18.2 Å². The molecule has 0 unspecified atom stereocenters. The van der Waals surface area contributed by atoms with Crippen LogP contribution in [-0.2, 0) is 7.05 Å². The van der Waals surface area contributed by atoms with Crippen LogP contribution in [0.15, 0.2) is 53.3 Å². The standard InChI is InChI=1S/C17H13ClN4O2/c1-22-9-10(18)7-14(22)17(23)19-11-4-5-12-13(8-11)21-16(20-12)15-3-2-6-24-15/h2-9H,1H3,(H,19,23)(H,20,21). The number of hydrogen-bond donors (Lipinski definition) is 2. The van der Waals surface area contributed by atoms with Crippen LogP contribution in [0, 0.1) is 0 Å². The van der Waals surface area contributed by atoms with Crippen molar-refractivity contribution in [1.29, 1.82) is 0 Å². The second kappa shape index (κ2) is 5.58. The lowest BCUT2D eigenvalue weighted by molar-refractivity contribution is 0.101. The Bertz CT molecular complexity index is 1030. The molecule has 0 fully saturated rings. The van der Waals surface area contributed by atoms with E-state index in [2.05, 4.69) is 15.3 Å². The van der Waals surface area contributed by atoms with E-state index in [0.717, 1.165) is 11.0 Å². The summed E-state index contributed by atoms with van der Waals surface area (Å²) in [6.45, 7) is 0. The third-order valence-electron chi connectivity index (χ3n) is 3.70. The van der Waals surface area contributed by atoms with Gasteiger partial charge in [0.15, 0.2) is 11.6 Å². The summed E-state index contributed by atoms with van der Waals surface area (Å²) in [5.41, 5.74) is 2.76. The van der Waals surface area contributed by atoms with Gasteiger partial charge in [-0.2, -0.15) is 0 Å². The van der Waals surface area contributed by atoms with Gasteiger partial charge in [0.05, 0.1) is 22.3 Å². The Labute approximate surface area is 142 Å². The van der Waals surface area contributed by atoms with Crippen LogP contribution in [0.1, 0.15) is 10.5 Å². The number of carbonyl (C=O) groups is 1. The predicted molar refractivity (Wildman–Crippen MR) is 92.2 cm³/mol. The number of imidazole rings is 1. The number of carbonyl (C=O) groups excluding carboxylic acids is 1. The van der Waals surface area contributed by atoms with E-state index in [1.54, 1.807) is 42.3 Å². The Kier molecular flexibility index (Phi) is 3.39. The fourth-order valence-electron chi connectivity index (χ4n) is 2.56. The van der Waals surface area contributed by atoms with Crippen LogP contribution in [0.4, 0.5) is 5.69 Å². The van der Waals surface area contributed by atoms with Gasteiger partial charge in [-0.1, -0.05) is 11.6 Å². The Hall–Kier alpha value is -2.99. The van der Waals surface area contributed by atoms with Gasteiger partial charge in [0.25, 0.3) is 5.91 Å². The molecule has 0 aliphatic carbocycles. The highest BCUT2D eigenvalue weighted by atomic mass is 35.5. The fourth-order valence-corrected chi connectivity index (χ4v) is 2.81. The second-order valence-electron chi connectivity index (χ2n) is 5.40. The molecule has 0 saturated carbocycles. The number of amides is 1. The van der Waals surface area contributed by atoms with Gasteiger partial charge in [0.1, 0.15) is 5.69 Å².